The quantitative estimate of drug-likeness (QED) is 0.150. The minimum Gasteiger partial charge on any atom is -0.310 e. The lowest BCUT2D eigenvalue weighted by Crippen LogP contribution is -2.26. The first-order chi connectivity index (χ1) is 33.3. The van der Waals surface area contributed by atoms with Crippen molar-refractivity contribution >= 4 is 44.9 Å². The average Bonchev–Trinajstić information content (AvgIpc) is 3.87. The van der Waals surface area contributed by atoms with Crippen LogP contribution in [0.15, 0.2) is 267 Å². The molecule has 2 heteroatoms. The van der Waals surface area contributed by atoms with Crippen molar-refractivity contribution in [2.45, 2.75) is 5.41 Å². The van der Waals surface area contributed by atoms with Crippen LogP contribution in [0.1, 0.15) is 22.3 Å². The Morgan fingerprint density at radius 2 is 0.731 bits per heavy atom. The molecule has 0 aliphatic heterocycles. The van der Waals surface area contributed by atoms with E-state index in [4.69, 9.17) is 0 Å². The van der Waals surface area contributed by atoms with E-state index in [-0.39, 0.29) is 0 Å². The normalized spacial score (nSPS) is 14.0. The Morgan fingerprint density at radius 1 is 0.254 bits per heavy atom. The van der Waals surface area contributed by atoms with Crippen LogP contribution in [0.4, 0.5) is 34.1 Å². The SMILES string of the molecule is c1ccc(-c2ccccc2N(c2ccccc2)c2ccc3c(c2)C2(c4ccccc4-3)c3ccccc3-c3c(N(c4ccccc4)c4cccc(-c5cccc6ccccc56)c4)cccc32)cc1. The Hall–Kier alpha value is -8.72. The molecule has 1 spiro atoms. The summed E-state index contributed by atoms with van der Waals surface area (Å²) in [5.41, 5.74) is 21.1. The van der Waals surface area contributed by atoms with Crippen molar-refractivity contribution in [1.29, 1.82) is 0 Å². The summed E-state index contributed by atoms with van der Waals surface area (Å²) in [6.45, 7) is 0. The van der Waals surface area contributed by atoms with Gasteiger partial charge in [0.05, 0.1) is 16.8 Å². The molecule has 1 atom stereocenters. The summed E-state index contributed by atoms with van der Waals surface area (Å²) in [5, 5.41) is 2.48. The Bertz CT molecular complexity index is 3650. The minimum atomic E-state index is -0.585. The standard InChI is InChI=1S/C65H44N2/c1-4-21-46(22-5-1)54-32-14-17-39-62(54)66(48-26-6-2-7-27-48)51-41-42-56-55-33-12-15-36-58(55)65(61(56)44-51)59-37-16-13-34-57(59)64-60(65)38-20-40-63(64)67(49-28-8-3-9-29-49)50-30-18-25-47(43-50)53-35-19-24-45-23-10-11-31-52(45)53/h1-44H. The van der Waals surface area contributed by atoms with Crippen molar-refractivity contribution in [1.82, 2.24) is 0 Å². The molecular weight excluding hydrogens is 809 g/mol. The van der Waals surface area contributed by atoms with Gasteiger partial charge in [-0.2, -0.15) is 0 Å². The number of para-hydroxylation sites is 3. The van der Waals surface area contributed by atoms with Crippen molar-refractivity contribution in [3.8, 4) is 44.5 Å². The Balaban J connectivity index is 1.06. The third kappa shape index (κ3) is 6.04. The van der Waals surface area contributed by atoms with Crippen LogP contribution < -0.4 is 9.80 Å². The molecule has 0 radical (unpaired) electrons. The van der Waals surface area contributed by atoms with E-state index in [1.165, 1.54) is 77.5 Å². The van der Waals surface area contributed by atoms with Gasteiger partial charge < -0.3 is 9.80 Å². The fourth-order valence-corrected chi connectivity index (χ4v) is 11.3. The van der Waals surface area contributed by atoms with Gasteiger partial charge in [-0.3, -0.25) is 0 Å². The molecule has 314 valence electrons. The summed E-state index contributed by atoms with van der Waals surface area (Å²) < 4.78 is 0. The number of nitrogens with zero attached hydrogens (tertiary/aromatic N) is 2. The van der Waals surface area contributed by atoms with Crippen LogP contribution >= 0.6 is 0 Å². The third-order valence-electron chi connectivity index (χ3n) is 14.0. The van der Waals surface area contributed by atoms with Gasteiger partial charge >= 0.3 is 0 Å². The predicted molar refractivity (Wildman–Crippen MR) is 280 cm³/mol. The van der Waals surface area contributed by atoms with E-state index >= 15 is 0 Å². The molecule has 11 aromatic carbocycles. The van der Waals surface area contributed by atoms with E-state index in [2.05, 4.69) is 277 Å². The molecule has 0 heterocycles. The van der Waals surface area contributed by atoms with Crippen LogP contribution in [0, 0.1) is 0 Å². The molecule has 0 N–H and O–H groups in total. The van der Waals surface area contributed by atoms with Gasteiger partial charge in [-0.25, -0.2) is 0 Å². The molecule has 67 heavy (non-hydrogen) atoms. The zero-order valence-corrected chi connectivity index (χ0v) is 36.8. The second-order valence-corrected chi connectivity index (χ2v) is 17.6. The highest BCUT2D eigenvalue weighted by molar-refractivity contribution is 6.03. The fraction of sp³-hybridized carbons (Fsp3) is 0.0154. The Kier molecular flexibility index (Phi) is 9.11. The molecule has 2 nitrogen and oxygen atoms in total. The second kappa shape index (κ2) is 15.8. The minimum absolute atomic E-state index is 0.585. The Labute approximate surface area is 391 Å². The zero-order valence-electron chi connectivity index (χ0n) is 36.8. The van der Waals surface area contributed by atoms with Crippen LogP contribution in [0.25, 0.3) is 55.3 Å². The number of anilines is 6. The van der Waals surface area contributed by atoms with Gasteiger partial charge in [0, 0.05) is 33.9 Å². The monoisotopic (exact) mass is 852 g/mol. The van der Waals surface area contributed by atoms with Crippen LogP contribution in [0.3, 0.4) is 0 Å². The molecule has 0 fully saturated rings. The lowest BCUT2D eigenvalue weighted by Gasteiger charge is -2.33. The molecule has 0 bridgehead atoms. The first kappa shape index (κ1) is 38.7. The molecule has 11 aromatic rings. The van der Waals surface area contributed by atoms with Crippen LogP contribution in [-0.4, -0.2) is 0 Å². The third-order valence-corrected chi connectivity index (χ3v) is 14.0. The molecule has 2 aliphatic rings. The smallest absolute Gasteiger partial charge is 0.0727 e. The fourth-order valence-electron chi connectivity index (χ4n) is 11.3. The van der Waals surface area contributed by atoms with Crippen LogP contribution in [0.5, 0.6) is 0 Å². The van der Waals surface area contributed by atoms with Crippen molar-refractivity contribution < 1.29 is 0 Å². The maximum absolute atomic E-state index is 2.49. The number of hydrogen-bond acceptors (Lipinski definition) is 2. The van der Waals surface area contributed by atoms with Crippen LogP contribution in [0.2, 0.25) is 0 Å². The topological polar surface area (TPSA) is 6.48 Å². The van der Waals surface area contributed by atoms with E-state index in [1.807, 2.05) is 0 Å². The molecule has 13 rings (SSSR count). The summed E-state index contributed by atoms with van der Waals surface area (Å²) in [6, 6.07) is 98.1. The number of hydrogen-bond donors (Lipinski definition) is 0. The second-order valence-electron chi connectivity index (χ2n) is 17.6. The lowest BCUT2D eigenvalue weighted by molar-refractivity contribution is 0.793. The van der Waals surface area contributed by atoms with Gasteiger partial charge in [0.2, 0.25) is 0 Å². The van der Waals surface area contributed by atoms with Gasteiger partial charge in [-0.15, -0.1) is 0 Å². The largest absolute Gasteiger partial charge is 0.310 e. The highest BCUT2D eigenvalue weighted by atomic mass is 15.2. The van der Waals surface area contributed by atoms with Crippen LogP contribution in [-0.2, 0) is 5.41 Å². The lowest BCUT2D eigenvalue weighted by atomic mass is 9.70. The molecule has 0 aromatic heterocycles. The van der Waals surface area contributed by atoms with Crippen molar-refractivity contribution in [2.24, 2.45) is 0 Å². The summed E-state index contributed by atoms with van der Waals surface area (Å²) in [5.74, 6) is 0. The van der Waals surface area contributed by atoms with E-state index < -0.39 is 5.41 Å². The van der Waals surface area contributed by atoms with Crippen molar-refractivity contribution in [2.75, 3.05) is 9.80 Å². The van der Waals surface area contributed by atoms with Gasteiger partial charge in [-0.05, 0) is 127 Å². The van der Waals surface area contributed by atoms with E-state index in [0.717, 1.165) is 34.1 Å². The highest BCUT2D eigenvalue weighted by Crippen LogP contribution is 2.65. The molecule has 2 aliphatic carbocycles. The van der Waals surface area contributed by atoms with E-state index in [1.54, 1.807) is 0 Å². The Morgan fingerprint density at radius 3 is 1.51 bits per heavy atom. The van der Waals surface area contributed by atoms with Crippen molar-refractivity contribution in [3.05, 3.63) is 289 Å². The number of rotatable bonds is 8. The van der Waals surface area contributed by atoms with E-state index in [9.17, 15) is 0 Å². The summed E-state index contributed by atoms with van der Waals surface area (Å²) in [6.07, 6.45) is 0. The summed E-state index contributed by atoms with van der Waals surface area (Å²) >= 11 is 0. The average molecular weight is 853 g/mol. The molecule has 0 amide bonds. The molecule has 0 saturated carbocycles. The van der Waals surface area contributed by atoms with E-state index in [0.29, 0.717) is 0 Å². The van der Waals surface area contributed by atoms with Crippen molar-refractivity contribution in [3.63, 3.8) is 0 Å². The molecule has 0 saturated heterocycles. The first-order valence-corrected chi connectivity index (χ1v) is 23.2. The first-order valence-electron chi connectivity index (χ1n) is 23.2. The maximum atomic E-state index is 2.49. The predicted octanol–water partition coefficient (Wildman–Crippen LogP) is 17.5. The van der Waals surface area contributed by atoms with Gasteiger partial charge in [0.15, 0.2) is 0 Å². The maximum Gasteiger partial charge on any atom is 0.0727 e. The van der Waals surface area contributed by atoms with Gasteiger partial charge in [-0.1, -0.05) is 206 Å². The van der Waals surface area contributed by atoms with Gasteiger partial charge in [0.1, 0.15) is 0 Å². The van der Waals surface area contributed by atoms with Gasteiger partial charge in [0.25, 0.3) is 0 Å². The highest BCUT2D eigenvalue weighted by Gasteiger charge is 2.52. The molecular formula is C65H44N2. The summed E-state index contributed by atoms with van der Waals surface area (Å²) in [4.78, 5) is 4.91. The zero-order chi connectivity index (χ0) is 44.3. The summed E-state index contributed by atoms with van der Waals surface area (Å²) in [7, 11) is 0. The number of fused-ring (bicyclic) bond motifs is 11. The number of benzene rings is 11. The molecule has 1 unspecified atom stereocenters.